The normalized spacial score (nSPS) is 22.6. The van der Waals surface area contributed by atoms with Crippen molar-refractivity contribution in [3.05, 3.63) is 45.4 Å². The Bertz CT molecular complexity index is 902. The van der Waals surface area contributed by atoms with E-state index in [1.807, 2.05) is 6.07 Å². The molecule has 2 atom stereocenters. The maximum Gasteiger partial charge on any atom is 0.407 e. The summed E-state index contributed by atoms with van der Waals surface area (Å²) in [7, 11) is 0. The summed E-state index contributed by atoms with van der Waals surface area (Å²) >= 11 is 7.81. The zero-order valence-corrected chi connectivity index (χ0v) is 18.1. The molecule has 0 bridgehead atoms. The number of halogens is 1. The Balaban J connectivity index is 1.52. The predicted molar refractivity (Wildman–Crippen MR) is 117 cm³/mol. The Labute approximate surface area is 184 Å². The van der Waals surface area contributed by atoms with Gasteiger partial charge >= 0.3 is 6.09 Å². The molecule has 2 fully saturated rings. The number of rotatable bonds is 4. The van der Waals surface area contributed by atoms with Gasteiger partial charge in [-0.1, -0.05) is 17.7 Å². The second-order valence-corrected chi connectivity index (χ2v) is 9.06. The third-order valence-corrected chi connectivity index (χ3v) is 7.13. The summed E-state index contributed by atoms with van der Waals surface area (Å²) < 4.78 is 0. The smallest absolute Gasteiger partial charge is 0.407 e. The van der Waals surface area contributed by atoms with E-state index in [-0.39, 0.29) is 11.9 Å². The van der Waals surface area contributed by atoms with Crippen LogP contribution in [0.3, 0.4) is 0 Å². The van der Waals surface area contributed by atoms with Crippen molar-refractivity contribution < 1.29 is 14.7 Å². The lowest BCUT2D eigenvalue weighted by Crippen LogP contribution is -2.43. The highest BCUT2D eigenvalue weighted by Gasteiger charge is 2.36. The lowest BCUT2D eigenvalue weighted by Gasteiger charge is -2.42. The van der Waals surface area contributed by atoms with Crippen molar-refractivity contribution in [2.45, 2.75) is 31.7 Å². The molecule has 2 aromatic rings. The number of carbonyl (C=O) groups excluding carboxylic acids is 1. The van der Waals surface area contributed by atoms with Gasteiger partial charge in [0.25, 0.3) is 5.91 Å². The highest BCUT2D eigenvalue weighted by Crippen LogP contribution is 2.41. The summed E-state index contributed by atoms with van der Waals surface area (Å²) in [6, 6.07) is 5.17. The van der Waals surface area contributed by atoms with Crippen LogP contribution in [0, 0.1) is 11.8 Å². The van der Waals surface area contributed by atoms with Crippen molar-refractivity contribution in [3.8, 4) is 0 Å². The summed E-state index contributed by atoms with van der Waals surface area (Å²) in [5, 5.41) is 18.0. The topological polar surface area (TPSA) is 94.6 Å². The molecule has 3 heterocycles. The van der Waals surface area contributed by atoms with Gasteiger partial charge in [-0.2, -0.15) is 0 Å². The van der Waals surface area contributed by atoms with Crippen molar-refractivity contribution in [2.24, 2.45) is 11.8 Å². The van der Waals surface area contributed by atoms with Gasteiger partial charge in [-0.15, -0.1) is 11.3 Å². The van der Waals surface area contributed by atoms with Crippen molar-refractivity contribution in [2.75, 3.05) is 25.0 Å². The number of likely N-dealkylation sites (tertiary alicyclic amines) is 1. The molecular formula is C21H25ClN4O3S. The van der Waals surface area contributed by atoms with E-state index < -0.39 is 6.09 Å². The Morgan fingerprint density at radius 2 is 2.03 bits per heavy atom. The molecule has 160 valence electrons. The monoisotopic (exact) mass is 448 g/mol. The summed E-state index contributed by atoms with van der Waals surface area (Å²) in [5.74, 6) is 0.828. The van der Waals surface area contributed by atoms with Crippen molar-refractivity contribution >= 4 is 40.6 Å². The molecule has 7 nitrogen and oxygen atoms in total. The lowest BCUT2D eigenvalue weighted by atomic mass is 9.76. The second-order valence-electron chi connectivity index (χ2n) is 7.93. The minimum atomic E-state index is -0.902. The Kier molecular flexibility index (Phi) is 6.55. The highest BCUT2D eigenvalue weighted by molar-refractivity contribution is 7.07. The first-order valence-electron chi connectivity index (χ1n) is 10.2. The van der Waals surface area contributed by atoms with Crippen LogP contribution in [0.2, 0.25) is 5.02 Å². The second kappa shape index (κ2) is 9.32. The molecule has 2 amide bonds. The first-order chi connectivity index (χ1) is 14.5. The molecule has 0 saturated carbocycles. The van der Waals surface area contributed by atoms with Crippen LogP contribution >= 0.6 is 22.9 Å². The van der Waals surface area contributed by atoms with Crippen LogP contribution in [0.4, 0.5) is 10.5 Å². The van der Waals surface area contributed by atoms with Crippen LogP contribution in [0.15, 0.2) is 29.1 Å². The van der Waals surface area contributed by atoms with Gasteiger partial charge in [-0.25, -0.2) is 9.78 Å². The van der Waals surface area contributed by atoms with Crippen LogP contribution in [-0.2, 0) is 0 Å². The molecule has 1 aromatic heterocycles. The zero-order chi connectivity index (χ0) is 21.1. The minimum Gasteiger partial charge on any atom is -0.465 e. The predicted octanol–water partition coefficient (Wildman–Crippen LogP) is 4.48. The minimum absolute atomic E-state index is 0.225. The van der Waals surface area contributed by atoms with Crippen LogP contribution in [0.25, 0.3) is 0 Å². The number of aromatic nitrogens is 1. The van der Waals surface area contributed by atoms with Crippen LogP contribution < -0.4 is 10.6 Å². The molecule has 30 heavy (non-hydrogen) atoms. The number of hydrogen-bond donors (Lipinski definition) is 3. The number of carboxylic acid groups (broad SMARTS) is 1. The van der Waals surface area contributed by atoms with E-state index in [9.17, 15) is 14.7 Å². The molecule has 4 rings (SSSR count). The highest BCUT2D eigenvalue weighted by atomic mass is 35.5. The zero-order valence-electron chi connectivity index (χ0n) is 16.5. The van der Waals surface area contributed by atoms with Crippen LogP contribution in [-0.4, -0.2) is 46.6 Å². The fourth-order valence-corrected chi connectivity index (χ4v) is 5.40. The molecule has 2 unspecified atom stereocenters. The van der Waals surface area contributed by atoms with Crippen molar-refractivity contribution in [1.29, 1.82) is 0 Å². The van der Waals surface area contributed by atoms with E-state index in [0.29, 0.717) is 34.8 Å². The molecule has 0 spiro atoms. The molecule has 2 aliphatic heterocycles. The van der Waals surface area contributed by atoms with Gasteiger partial charge in [-0.3, -0.25) is 4.79 Å². The number of thiazole rings is 1. The number of nitrogens with one attached hydrogen (secondary N) is 2. The number of hydrogen-bond acceptors (Lipinski definition) is 5. The molecule has 3 N–H and O–H groups in total. The lowest BCUT2D eigenvalue weighted by molar-refractivity contribution is 0.0687. The molecular weight excluding hydrogens is 424 g/mol. The van der Waals surface area contributed by atoms with Gasteiger partial charge in [0.05, 0.1) is 22.3 Å². The molecule has 0 aliphatic carbocycles. The number of nitrogens with zero attached hydrogens (tertiary/aromatic N) is 2. The van der Waals surface area contributed by atoms with E-state index in [1.165, 1.54) is 16.2 Å². The van der Waals surface area contributed by atoms with Crippen LogP contribution in [0.1, 0.15) is 47.8 Å². The van der Waals surface area contributed by atoms with Gasteiger partial charge in [-0.05, 0) is 68.3 Å². The maximum atomic E-state index is 12.3. The van der Waals surface area contributed by atoms with Crippen LogP contribution in [0.5, 0.6) is 0 Å². The van der Waals surface area contributed by atoms with Gasteiger partial charge < -0.3 is 20.6 Å². The first kappa shape index (κ1) is 21.1. The third kappa shape index (κ3) is 4.61. The Morgan fingerprint density at radius 1 is 1.23 bits per heavy atom. The average molecular weight is 449 g/mol. The third-order valence-electron chi connectivity index (χ3n) is 6.23. The van der Waals surface area contributed by atoms with Crippen molar-refractivity contribution in [3.63, 3.8) is 0 Å². The number of anilines is 1. The summed E-state index contributed by atoms with van der Waals surface area (Å²) in [5.41, 5.74) is 3.30. The Morgan fingerprint density at radius 3 is 2.70 bits per heavy atom. The quantitative estimate of drug-likeness (QED) is 0.641. The molecule has 2 saturated heterocycles. The maximum absolute atomic E-state index is 12.3. The SMILES string of the molecule is O=C(Nc1ccc(C2CC(C3CCNCC3)CCN2C(=O)O)cc1Cl)c1cscn1. The number of carbonyl (C=O) groups is 2. The van der Waals surface area contributed by atoms with E-state index >= 15 is 0 Å². The average Bonchev–Trinajstić information content (AvgIpc) is 3.30. The largest absolute Gasteiger partial charge is 0.465 e. The van der Waals surface area contributed by atoms with Crippen molar-refractivity contribution in [1.82, 2.24) is 15.2 Å². The summed E-state index contributed by atoms with van der Waals surface area (Å²) in [6.45, 7) is 2.61. The van der Waals surface area contributed by atoms with Gasteiger partial charge in [0, 0.05) is 11.9 Å². The molecule has 0 radical (unpaired) electrons. The molecule has 2 aliphatic rings. The van der Waals surface area contributed by atoms with E-state index in [4.69, 9.17) is 11.6 Å². The van der Waals surface area contributed by atoms with E-state index in [2.05, 4.69) is 15.6 Å². The van der Waals surface area contributed by atoms with Gasteiger partial charge in [0.15, 0.2) is 0 Å². The summed E-state index contributed by atoms with van der Waals surface area (Å²) in [4.78, 5) is 29.7. The Hall–Kier alpha value is -2.16. The fraction of sp³-hybridized carbons (Fsp3) is 0.476. The standard InChI is InChI=1S/C21H25ClN4O3S/c22-16-9-15(1-2-17(16)25-20(27)18-11-30-12-24-18)19-10-14(5-8-26(19)21(28)29)13-3-6-23-7-4-13/h1-2,9,11-14,19,23H,3-8,10H2,(H,25,27)(H,28,29). The fourth-order valence-electron chi connectivity index (χ4n) is 4.63. The van der Waals surface area contributed by atoms with E-state index in [0.717, 1.165) is 44.3 Å². The van der Waals surface area contributed by atoms with Gasteiger partial charge in [0.1, 0.15) is 5.69 Å². The molecule has 1 aromatic carbocycles. The number of amides is 2. The van der Waals surface area contributed by atoms with E-state index in [1.54, 1.807) is 23.0 Å². The molecule has 9 heteroatoms. The number of benzene rings is 1. The van der Waals surface area contributed by atoms with Gasteiger partial charge in [0.2, 0.25) is 0 Å². The number of piperidine rings is 2. The first-order valence-corrected chi connectivity index (χ1v) is 11.5. The summed E-state index contributed by atoms with van der Waals surface area (Å²) in [6.07, 6.45) is 3.10.